The molecule has 0 aliphatic heterocycles. The Morgan fingerprint density at radius 2 is 2.11 bits per heavy atom. The van der Waals surface area contributed by atoms with E-state index in [0.717, 1.165) is 11.1 Å². The maximum atomic E-state index is 12.2. The van der Waals surface area contributed by atoms with Crippen molar-refractivity contribution in [2.75, 3.05) is 26.9 Å². The first-order chi connectivity index (χ1) is 9.26. The average molecular weight is 262 g/mol. The van der Waals surface area contributed by atoms with Crippen LogP contribution in [0.5, 0.6) is 5.75 Å². The van der Waals surface area contributed by atoms with E-state index in [2.05, 4.69) is 0 Å². The quantitative estimate of drug-likeness (QED) is 0.788. The molecule has 0 unspecified atom stereocenters. The van der Waals surface area contributed by atoms with Crippen LogP contribution in [0, 0.1) is 0 Å². The maximum Gasteiger partial charge on any atom is 0.258 e. The van der Waals surface area contributed by atoms with Crippen LogP contribution in [-0.2, 0) is 11.3 Å². The van der Waals surface area contributed by atoms with Gasteiger partial charge in [-0.15, -0.1) is 0 Å². The van der Waals surface area contributed by atoms with E-state index in [1.807, 2.05) is 12.1 Å². The molecule has 5 nitrogen and oxygen atoms in total. The summed E-state index contributed by atoms with van der Waals surface area (Å²) < 4.78 is 12.1. The number of rotatable bonds is 6. The summed E-state index contributed by atoms with van der Waals surface area (Å²) in [7, 11) is 1.61. The number of hydrogen-bond donors (Lipinski definition) is 1. The smallest absolute Gasteiger partial charge is 0.258 e. The summed E-state index contributed by atoms with van der Waals surface area (Å²) in [5.74, 6) is 0.746. The zero-order valence-corrected chi connectivity index (χ0v) is 11.0. The largest absolute Gasteiger partial charge is 0.497 e. The second-order valence-electron chi connectivity index (χ2n) is 4.17. The van der Waals surface area contributed by atoms with Crippen molar-refractivity contribution in [3.8, 4) is 5.75 Å². The molecule has 1 heterocycles. The molecule has 0 bridgehead atoms. The summed E-state index contributed by atoms with van der Waals surface area (Å²) >= 11 is 0. The van der Waals surface area contributed by atoms with Gasteiger partial charge < -0.3 is 19.8 Å². The Bertz CT molecular complexity index is 607. The van der Waals surface area contributed by atoms with Gasteiger partial charge in [0.15, 0.2) is 0 Å². The van der Waals surface area contributed by atoms with Crippen molar-refractivity contribution in [3.63, 3.8) is 0 Å². The lowest BCUT2D eigenvalue weighted by atomic mass is 10.1. The van der Waals surface area contributed by atoms with Gasteiger partial charge in [0.05, 0.1) is 20.3 Å². The minimum Gasteiger partial charge on any atom is -0.497 e. The fourth-order valence-corrected chi connectivity index (χ4v) is 1.92. The van der Waals surface area contributed by atoms with Gasteiger partial charge in [-0.05, 0) is 29.7 Å². The van der Waals surface area contributed by atoms with Crippen LogP contribution in [0.3, 0.4) is 0 Å². The number of methoxy groups -OCH3 is 1. The van der Waals surface area contributed by atoms with Crippen LogP contribution in [0.2, 0.25) is 0 Å². The van der Waals surface area contributed by atoms with Gasteiger partial charge in [-0.25, -0.2) is 0 Å². The standard InChI is InChI=1S/C14H18N2O3/c1-18-12-2-3-13-11(10-12)4-6-16(14(13)17)7-9-19-8-5-15/h2-4,6,10H,5,7-9,15H2,1H3. The average Bonchev–Trinajstić information content (AvgIpc) is 2.45. The molecule has 0 atom stereocenters. The zero-order valence-electron chi connectivity index (χ0n) is 11.0. The van der Waals surface area contributed by atoms with Crippen molar-refractivity contribution in [2.24, 2.45) is 5.73 Å². The van der Waals surface area contributed by atoms with Crippen LogP contribution in [0.25, 0.3) is 10.8 Å². The highest BCUT2D eigenvalue weighted by atomic mass is 16.5. The van der Waals surface area contributed by atoms with Crippen molar-refractivity contribution in [1.82, 2.24) is 4.57 Å². The number of ether oxygens (including phenoxy) is 2. The number of fused-ring (bicyclic) bond motifs is 1. The summed E-state index contributed by atoms with van der Waals surface area (Å²) in [6, 6.07) is 7.33. The summed E-state index contributed by atoms with van der Waals surface area (Å²) in [5.41, 5.74) is 5.32. The van der Waals surface area contributed by atoms with Crippen molar-refractivity contribution >= 4 is 10.8 Å². The number of hydrogen-bond acceptors (Lipinski definition) is 4. The number of aromatic nitrogens is 1. The monoisotopic (exact) mass is 262 g/mol. The van der Waals surface area contributed by atoms with Crippen LogP contribution in [0.15, 0.2) is 35.3 Å². The van der Waals surface area contributed by atoms with Crippen molar-refractivity contribution in [3.05, 3.63) is 40.8 Å². The number of nitrogens with two attached hydrogens (primary N) is 1. The molecule has 0 saturated heterocycles. The van der Waals surface area contributed by atoms with E-state index in [-0.39, 0.29) is 5.56 Å². The molecule has 1 aromatic carbocycles. The van der Waals surface area contributed by atoms with Crippen LogP contribution in [0.1, 0.15) is 0 Å². The molecule has 0 amide bonds. The zero-order chi connectivity index (χ0) is 13.7. The molecule has 2 aromatic rings. The maximum absolute atomic E-state index is 12.2. The highest BCUT2D eigenvalue weighted by molar-refractivity contribution is 5.82. The molecule has 0 aliphatic rings. The van der Waals surface area contributed by atoms with E-state index in [1.165, 1.54) is 0 Å². The minimum atomic E-state index is -0.0171. The summed E-state index contributed by atoms with van der Waals surface area (Å²) in [6.07, 6.45) is 1.77. The van der Waals surface area contributed by atoms with E-state index >= 15 is 0 Å². The van der Waals surface area contributed by atoms with E-state index in [1.54, 1.807) is 30.0 Å². The fraction of sp³-hybridized carbons (Fsp3) is 0.357. The van der Waals surface area contributed by atoms with Gasteiger partial charge in [0.25, 0.3) is 5.56 Å². The molecule has 0 spiro atoms. The highest BCUT2D eigenvalue weighted by Gasteiger charge is 2.03. The van der Waals surface area contributed by atoms with E-state index in [9.17, 15) is 4.79 Å². The molecule has 0 saturated carbocycles. The number of nitrogens with zero attached hydrogens (tertiary/aromatic N) is 1. The Labute approximate surface area is 111 Å². The summed E-state index contributed by atoms with van der Waals surface area (Å²) in [4.78, 5) is 12.2. The molecule has 102 valence electrons. The first-order valence-electron chi connectivity index (χ1n) is 6.21. The molecule has 19 heavy (non-hydrogen) atoms. The third kappa shape index (κ3) is 3.13. The van der Waals surface area contributed by atoms with Gasteiger partial charge in [-0.2, -0.15) is 0 Å². The van der Waals surface area contributed by atoms with E-state index in [4.69, 9.17) is 15.2 Å². The van der Waals surface area contributed by atoms with E-state index < -0.39 is 0 Å². The Kier molecular flexibility index (Phi) is 4.54. The third-order valence-corrected chi connectivity index (χ3v) is 2.92. The van der Waals surface area contributed by atoms with Crippen LogP contribution >= 0.6 is 0 Å². The number of pyridine rings is 1. The highest BCUT2D eigenvalue weighted by Crippen LogP contribution is 2.17. The second kappa shape index (κ2) is 6.36. The SMILES string of the molecule is COc1ccc2c(=O)n(CCOCCN)ccc2c1. The minimum absolute atomic E-state index is 0.0171. The van der Waals surface area contributed by atoms with Crippen molar-refractivity contribution < 1.29 is 9.47 Å². The fourth-order valence-electron chi connectivity index (χ4n) is 1.92. The molecule has 5 heteroatoms. The van der Waals surface area contributed by atoms with Crippen molar-refractivity contribution in [1.29, 1.82) is 0 Å². The summed E-state index contributed by atoms with van der Waals surface area (Å²) in [6.45, 7) is 2.02. The van der Waals surface area contributed by atoms with Gasteiger partial charge in [0.2, 0.25) is 0 Å². The molecule has 0 aliphatic carbocycles. The Hall–Kier alpha value is -1.85. The Morgan fingerprint density at radius 3 is 2.84 bits per heavy atom. The third-order valence-electron chi connectivity index (χ3n) is 2.92. The van der Waals surface area contributed by atoms with Gasteiger partial charge in [-0.3, -0.25) is 4.79 Å². The van der Waals surface area contributed by atoms with Crippen LogP contribution < -0.4 is 16.0 Å². The molecule has 0 radical (unpaired) electrons. The van der Waals surface area contributed by atoms with Crippen LogP contribution in [0.4, 0.5) is 0 Å². The molecule has 0 fully saturated rings. The predicted octanol–water partition coefficient (Wildman–Crippen LogP) is 0.985. The molecule has 2 rings (SSSR count). The van der Waals surface area contributed by atoms with Gasteiger partial charge in [0, 0.05) is 24.7 Å². The first-order valence-corrected chi connectivity index (χ1v) is 6.21. The number of benzene rings is 1. The van der Waals surface area contributed by atoms with Gasteiger partial charge >= 0.3 is 0 Å². The Balaban J connectivity index is 2.23. The Morgan fingerprint density at radius 1 is 1.26 bits per heavy atom. The lowest BCUT2D eigenvalue weighted by molar-refractivity contribution is 0.132. The molecule has 2 N–H and O–H groups in total. The molecular weight excluding hydrogens is 244 g/mol. The van der Waals surface area contributed by atoms with Gasteiger partial charge in [-0.1, -0.05) is 0 Å². The van der Waals surface area contributed by atoms with E-state index in [0.29, 0.717) is 31.7 Å². The second-order valence-corrected chi connectivity index (χ2v) is 4.17. The lowest BCUT2D eigenvalue weighted by Crippen LogP contribution is -2.22. The molecular formula is C14H18N2O3. The first kappa shape index (κ1) is 13.6. The summed E-state index contributed by atoms with van der Waals surface area (Å²) in [5, 5.41) is 1.56. The lowest BCUT2D eigenvalue weighted by Gasteiger charge is -2.08. The predicted molar refractivity (Wildman–Crippen MR) is 74.6 cm³/mol. The van der Waals surface area contributed by atoms with Crippen molar-refractivity contribution in [2.45, 2.75) is 6.54 Å². The molecule has 1 aromatic heterocycles. The normalized spacial score (nSPS) is 10.8. The van der Waals surface area contributed by atoms with Crippen LogP contribution in [-0.4, -0.2) is 31.4 Å². The van der Waals surface area contributed by atoms with Gasteiger partial charge in [0.1, 0.15) is 5.75 Å². The topological polar surface area (TPSA) is 66.5 Å².